The van der Waals surface area contributed by atoms with E-state index in [-0.39, 0.29) is 18.4 Å². The minimum absolute atomic E-state index is 0.0108. The molecule has 1 fully saturated rings. The van der Waals surface area contributed by atoms with Crippen molar-refractivity contribution in [2.45, 2.75) is 25.3 Å². The Balaban J connectivity index is 1.52. The predicted molar refractivity (Wildman–Crippen MR) is 131 cm³/mol. The van der Waals surface area contributed by atoms with Crippen molar-refractivity contribution in [2.24, 2.45) is 0 Å². The van der Waals surface area contributed by atoms with Crippen molar-refractivity contribution >= 4 is 16.8 Å². The van der Waals surface area contributed by atoms with E-state index in [4.69, 9.17) is 9.47 Å². The van der Waals surface area contributed by atoms with Crippen LogP contribution in [0.4, 0.5) is 0 Å². The fourth-order valence-corrected chi connectivity index (χ4v) is 4.98. The van der Waals surface area contributed by atoms with Crippen LogP contribution in [0.3, 0.4) is 0 Å². The number of carbonyl (C=O) groups excluding carboxylic acids is 1. The number of methoxy groups -OCH3 is 2. The normalized spacial score (nSPS) is 15.7. The van der Waals surface area contributed by atoms with E-state index in [1.165, 1.54) is 16.5 Å². The number of benzene rings is 3. The fraction of sp³-hybridized carbons (Fsp3) is 0.250. The Morgan fingerprint density at radius 3 is 2.58 bits per heavy atom. The van der Waals surface area contributed by atoms with Gasteiger partial charge in [-0.3, -0.25) is 4.79 Å². The maximum atomic E-state index is 13.5. The number of ether oxygens (including phenoxy) is 2. The third kappa shape index (κ3) is 3.95. The number of carbonyl (C=O) groups is 1. The molecule has 5 rings (SSSR count). The second kappa shape index (κ2) is 9.02. The average Bonchev–Trinajstić information content (AvgIpc) is 3.49. The van der Waals surface area contributed by atoms with Crippen molar-refractivity contribution in [3.05, 3.63) is 84.1 Å². The summed E-state index contributed by atoms with van der Waals surface area (Å²) in [5.41, 5.74) is 5.41. The van der Waals surface area contributed by atoms with Crippen LogP contribution in [0.1, 0.15) is 30.1 Å². The molecule has 1 amide bonds. The molecule has 0 aliphatic carbocycles. The van der Waals surface area contributed by atoms with Gasteiger partial charge in [0.25, 0.3) is 0 Å². The van der Waals surface area contributed by atoms with Crippen LogP contribution in [0.15, 0.2) is 72.8 Å². The first kappa shape index (κ1) is 21.1. The molecule has 33 heavy (non-hydrogen) atoms. The lowest BCUT2D eigenvalue weighted by Crippen LogP contribution is -2.32. The summed E-state index contributed by atoms with van der Waals surface area (Å²) >= 11 is 0. The van der Waals surface area contributed by atoms with Crippen molar-refractivity contribution in [3.8, 4) is 22.6 Å². The number of hydrogen-bond acceptors (Lipinski definition) is 3. The van der Waals surface area contributed by atoms with E-state index in [9.17, 15) is 4.79 Å². The van der Waals surface area contributed by atoms with Crippen molar-refractivity contribution in [1.29, 1.82) is 0 Å². The van der Waals surface area contributed by atoms with Gasteiger partial charge < -0.3 is 19.4 Å². The van der Waals surface area contributed by atoms with Crippen LogP contribution >= 0.6 is 0 Å². The van der Waals surface area contributed by atoms with Crippen LogP contribution in [0.5, 0.6) is 11.5 Å². The van der Waals surface area contributed by atoms with Crippen LogP contribution < -0.4 is 9.47 Å². The van der Waals surface area contributed by atoms with Gasteiger partial charge >= 0.3 is 0 Å². The standard InChI is InChI=1S/C28H28N2O3/c1-32-21-14-15-25(33-2)20(17-21)18-26(31)30-16-8-13-24(30)28-27(19-9-4-3-5-10-19)22-11-6-7-12-23(22)29-28/h3-7,9-12,14-15,17,24,29H,8,13,16,18H2,1-2H3. The van der Waals surface area contributed by atoms with Crippen LogP contribution in [-0.2, 0) is 11.2 Å². The van der Waals surface area contributed by atoms with Crippen molar-refractivity contribution in [1.82, 2.24) is 9.88 Å². The summed E-state index contributed by atoms with van der Waals surface area (Å²) < 4.78 is 10.9. The zero-order valence-electron chi connectivity index (χ0n) is 19.0. The molecule has 0 radical (unpaired) electrons. The van der Waals surface area contributed by atoms with Crippen molar-refractivity contribution in [2.75, 3.05) is 20.8 Å². The molecule has 0 bridgehead atoms. The number of rotatable bonds is 6. The first-order chi connectivity index (χ1) is 16.2. The lowest BCUT2D eigenvalue weighted by molar-refractivity contribution is -0.131. The summed E-state index contributed by atoms with van der Waals surface area (Å²) in [5, 5.41) is 1.19. The zero-order valence-corrected chi connectivity index (χ0v) is 19.0. The predicted octanol–water partition coefficient (Wildman–Crippen LogP) is 5.76. The van der Waals surface area contributed by atoms with Gasteiger partial charge in [0, 0.05) is 34.3 Å². The van der Waals surface area contributed by atoms with E-state index < -0.39 is 0 Å². The number of aromatic amines is 1. The van der Waals surface area contributed by atoms with E-state index in [0.717, 1.165) is 41.9 Å². The minimum atomic E-state index is 0.0108. The quantitative estimate of drug-likeness (QED) is 0.415. The van der Waals surface area contributed by atoms with Gasteiger partial charge in [0.1, 0.15) is 11.5 Å². The van der Waals surface area contributed by atoms with Gasteiger partial charge in [-0.05, 0) is 42.7 Å². The summed E-state index contributed by atoms with van der Waals surface area (Å²) in [7, 11) is 3.26. The minimum Gasteiger partial charge on any atom is -0.497 e. The molecule has 1 aromatic heterocycles. The highest BCUT2D eigenvalue weighted by Gasteiger charge is 2.33. The number of aromatic nitrogens is 1. The maximum Gasteiger partial charge on any atom is 0.227 e. The Kier molecular flexibility index (Phi) is 5.78. The maximum absolute atomic E-state index is 13.5. The molecule has 168 valence electrons. The zero-order chi connectivity index (χ0) is 22.8. The van der Waals surface area contributed by atoms with E-state index >= 15 is 0 Å². The Morgan fingerprint density at radius 1 is 1.00 bits per heavy atom. The van der Waals surface area contributed by atoms with Gasteiger partial charge in [-0.2, -0.15) is 0 Å². The number of para-hydroxylation sites is 1. The van der Waals surface area contributed by atoms with Gasteiger partial charge in [0.15, 0.2) is 0 Å². The average molecular weight is 441 g/mol. The molecule has 3 aromatic carbocycles. The fourth-order valence-electron chi connectivity index (χ4n) is 4.98. The first-order valence-electron chi connectivity index (χ1n) is 11.4. The molecule has 5 nitrogen and oxygen atoms in total. The number of fused-ring (bicyclic) bond motifs is 1. The molecule has 2 heterocycles. The number of nitrogens with zero attached hydrogens (tertiary/aromatic N) is 1. The van der Waals surface area contributed by atoms with Crippen LogP contribution in [0.25, 0.3) is 22.0 Å². The summed E-state index contributed by atoms with van der Waals surface area (Å²) in [6.07, 6.45) is 2.20. The molecule has 1 saturated heterocycles. The topological polar surface area (TPSA) is 54.6 Å². The molecule has 1 atom stereocenters. The number of likely N-dealkylation sites (tertiary alicyclic amines) is 1. The van der Waals surface area contributed by atoms with Gasteiger partial charge in [-0.15, -0.1) is 0 Å². The van der Waals surface area contributed by atoms with E-state index in [2.05, 4.69) is 47.4 Å². The molecule has 0 saturated carbocycles. The smallest absolute Gasteiger partial charge is 0.227 e. The summed E-state index contributed by atoms with van der Waals surface area (Å²) in [6, 6.07) is 24.4. The Morgan fingerprint density at radius 2 is 1.79 bits per heavy atom. The molecule has 5 heteroatoms. The Bertz CT molecular complexity index is 1280. The molecule has 1 N–H and O–H groups in total. The van der Waals surface area contributed by atoms with E-state index in [1.807, 2.05) is 35.2 Å². The van der Waals surface area contributed by atoms with E-state index in [0.29, 0.717) is 5.75 Å². The largest absolute Gasteiger partial charge is 0.497 e. The number of H-pyrrole nitrogens is 1. The first-order valence-corrected chi connectivity index (χ1v) is 11.4. The summed E-state index contributed by atoms with van der Waals surface area (Å²) in [4.78, 5) is 19.2. The Labute approximate surface area is 193 Å². The lowest BCUT2D eigenvalue weighted by Gasteiger charge is -2.26. The number of amides is 1. The van der Waals surface area contributed by atoms with Crippen LogP contribution in [0, 0.1) is 0 Å². The van der Waals surface area contributed by atoms with Crippen molar-refractivity contribution in [3.63, 3.8) is 0 Å². The molecule has 1 aliphatic heterocycles. The van der Waals surface area contributed by atoms with Gasteiger partial charge in [-0.1, -0.05) is 48.5 Å². The van der Waals surface area contributed by atoms with Crippen LogP contribution in [-0.4, -0.2) is 36.6 Å². The van der Waals surface area contributed by atoms with Gasteiger partial charge in [0.05, 0.1) is 26.7 Å². The summed E-state index contributed by atoms with van der Waals surface area (Å²) in [5.74, 6) is 1.52. The number of hydrogen-bond donors (Lipinski definition) is 1. The highest BCUT2D eigenvalue weighted by molar-refractivity contribution is 5.98. The van der Waals surface area contributed by atoms with Gasteiger partial charge in [-0.25, -0.2) is 0 Å². The van der Waals surface area contributed by atoms with E-state index in [1.54, 1.807) is 14.2 Å². The highest BCUT2D eigenvalue weighted by Crippen LogP contribution is 2.41. The second-order valence-corrected chi connectivity index (χ2v) is 8.42. The molecule has 0 spiro atoms. The van der Waals surface area contributed by atoms with Crippen LogP contribution in [0.2, 0.25) is 0 Å². The van der Waals surface area contributed by atoms with Gasteiger partial charge in [0.2, 0.25) is 5.91 Å². The monoisotopic (exact) mass is 440 g/mol. The molecular weight excluding hydrogens is 412 g/mol. The highest BCUT2D eigenvalue weighted by atomic mass is 16.5. The SMILES string of the molecule is COc1ccc(OC)c(CC(=O)N2CCCC2c2[nH]c3ccccc3c2-c2ccccc2)c1. The second-order valence-electron chi connectivity index (χ2n) is 8.42. The summed E-state index contributed by atoms with van der Waals surface area (Å²) in [6.45, 7) is 0.749. The third-order valence-electron chi connectivity index (χ3n) is 6.53. The third-order valence-corrected chi connectivity index (χ3v) is 6.53. The molecule has 1 aliphatic rings. The molecular formula is C28H28N2O3. The van der Waals surface area contributed by atoms with Crippen molar-refractivity contribution < 1.29 is 14.3 Å². The molecule has 1 unspecified atom stereocenters. The molecule has 4 aromatic rings. The lowest BCUT2D eigenvalue weighted by atomic mass is 9.97. The number of nitrogens with one attached hydrogen (secondary N) is 1. The Hall–Kier alpha value is -3.73.